The topological polar surface area (TPSA) is 101 Å². The number of nitrogens with one attached hydrogen (secondary N) is 1. The number of urea groups is 1. The summed E-state index contributed by atoms with van der Waals surface area (Å²) in [6, 6.07) is 9.48. The van der Waals surface area contributed by atoms with Gasteiger partial charge in [0.2, 0.25) is 5.91 Å². The van der Waals surface area contributed by atoms with Crippen molar-refractivity contribution in [2.45, 2.75) is 12.5 Å². The van der Waals surface area contributed by atoms with E-state index in [1.165, 1.54) is 28.8 Å². The Balaban J connectivity index is 1.62. The number of methoxy groups -OCH3 is 1. The van der Waals surface area contributed by atoms with Crippen molar-refractivity contribution in [3.8, 4) is 11.4 Å². The number of pyridine rings is 1. The monoisotopic (exact) mass is 396 g/mol. The second-order valence-electron chi connectivity index (χ2n) is 6.92. The Kier molecular flexibility index (Phi) is 4.79. The second-order valence-corrected chi connectivity index (χ2v) is 6.92. The van der Waals surface area contributed by atoms with E-state index in [2.05, 4.69) is 5.32 Å². The molecule has 2 aliphatic heterocycles. The van der Waals surface area contributed by atoms with E-state index in [0.29, 0.717) is 18.7 Å². The molecule has 1 aromatic carbocycles. The van der Waals surface area contributed by atoms with E-state index in [1.54, 1.807) is 29.2 Å². The normalized spacial score (nSPS) is 18.9. The summed E-state index contributed by atoms with van der Waals surface area (Å²) in [6.45, 7) is 0.624. The first kappa shape index (κ1) is 18.7. The standard InChI is InChI=1S/C20H20N4O5/c1-29-16-9-17(25)23(13-5-3-2-4-6-13)12-15(16)19(27)22-8-7-14(11-22)24-18(26)10-21-20(24)28/h2-6,9,12,14H,7-8,10-11H2,1H3,(H,21,28). The highest BCUT2D eigenvalue weighted by Gasteiger charge is 2.40. The number of hydrogen-bond acceptors (Lipinski definition) is 5. The summed E-state index contributed by atoms with van der Waals surface area (Å²) in [5.74, 6) is -0.420. The lowest BCUT2D eigenvalue weighted by atomic mass is 10.2. The Labute approximate surface area is 166 Å². The lowest BCUT2D eigenvalue weighted by molar-refractivity contribution is -0.126. The van der Waals surface area contributed by atoms with Gasteiger partial charge < -0.3 is 15.0 Å². The van der Waals surface area contributed by atoms with Crippen molar-refractivity contribution in [1.29, 1.82) is 0 Å². The second kappa shape index (κ2) is 7.42. The van der Waals surface area contributed by atoms with Gasteiger partial charge in [-0.1, -0.05) is 18.2 Å². The van der Waals surface area contributed by atoms with Gasteiger partial charge in [0.05, 0.1) is 25.3 Å². The predicted molar refractivity (Wildman–Crippen MR) is 103 cm³/mol. The third-order valence-electron chi connectivity index (χ3n) is 5.19. The molecule has 0 spiro atoms. The van der Waals surface area contributed by atoms with Crippen molar-refractivity contribution in [1.82, 2.24) is 19.7 Å². The quantitative estimate of drug-likeness (QED) is 0.764. The average molecular weight is 396 g/mol. The zero-order valence-corrected chi connectivity index (χ0v) is 15.8. The summed E-state index contributed by atoms with van der Waals surface area (Å²) < 4.78 is 6.66. The maximum absolute atomic E-state index is 13.2. The first-order valence-electron chi connectivity index (χ1n) is 9.25. The van der Waals surface area contributed by atoms with Crippen LogP contribution in [0.25, 0.3) is 5.69 Å². The summed E-state index contributed by atoms with van der Waals surface area (Å²) in [6.07, 6.45) is 1.98. The van der Waals surface area contributed by atoms with Gasteiger partial charge in [-0.15, -0.1) is 0 Å². The highest BCUT2D eigenvalue weighted by Crippen LogP contribution is 2.24. The van der Waals surface area contributed by atoms with Crippen molar-refractivity contribution >= 4 is 17.8 Å². The van der Waals surface area contributed by atoms with Crippen LogP contribution in [0.3, 0.4) is 0 Å². The van der Waals surface area contributed by atoms with Crippen LogP contribution in [-0.2, 0) is 4.79 Å². The predicted octanol–water partition coefficient (Wildman–Crippen LogP) is 0.612. The van der Waals surface area contributed by atoms with E-state index in [0.717, 1.165) is 0 Å². The number of nitrogens with zero attached hydrogens (tertiary/aromatic N) is 3. The molecule has 1 atom stereocenters. The highest BCUT2D eigenvalue weighted by molar-refractivity contribution is 6.02. The van der Waals surface area contributed by atoms with Crippen LogP contribution in [0, 0.1) is 0 Å². The lowest BCUT2D eigenvalue weighted by Crippen LogP contribution is -2.43. The van der Waals surface area contributed by atoms with Gasteiger partial charge in [0.15, 0.2) is 0 Å². The molecule has 2 aliphatic rings. The molecule has 150 valence electrons. The van der Waals surface area contributed by atoms with Gasteiger partial charge in [0.25, 0.3) is 11.5 Å². The minimum atomic E-state index is -0.426. The van der Waals surface area contributed by atoms with Gasteiger partial charge in [0, 0.05) is 31.0 Å². The largest absolute Gasteiger partial charge is 0.496 e. The van der Waals surface area contributed by atoms with Crippen molar-refractivity contribution in [2.24, 2.45) is 0 Å². The molecular formula is C20H20N4O5. The maximum Gasteiger partial charge on any atom is 0.324 e. The molecule has 0 aliphatic carbocycles. The van der Waals surface area contributed by atoms with Crippen LogP contribution in [-0.4, -0.2) is 65.0 Å². The molecule has 0 radical (unpaired) electrons. The van der Waals surface area contributed by atoms with Gasteiger partial charge >= 0.3 is 6.03 Å². The van der Waals surface area contributed by atoms with E-state index < -0.39 is 6.03 Å². The molecule has 0 saturated carbocycles. The fraction of sp³-hybridized carbons (Fsp3) is 0.300. The summed E-state index contributed by atoms with van der Waals surface area (Å²) in [5.41, 5.74) is 0.560. The molecule has 1 unspecified atom stereocenters. The Bertz CT molecular complexity index is 1020. The molecule has 2 saturated heterocycles. The Morgan fingerprint density at radius 1 is 1.17 bits per heavy atom. The highest BCUT2D eigenvalue weighted by atomic mass is 16.5. The summed E-state index contributed by atoms with van der Waals surface area (Å²) >= 11 is 0. The fourth-order valence-corrected chi connectivity index (χ4v) is 3.75. The number of likely N-dealkylation sites (tertiary alicyclic amines) is 1. The summed E-state index contributed by atoms with van der Waals surface area (Å²) in [5, 5.41) is 2.50. The molecule has 2 aromatic rings. The number of ether oxygens (including phenoxy) is 1. The first-order valence-corrected chi connectivity index (χ1v) is 9.25. The van der Waals surface area contributed by atoms with Crippen LogP contribution >= 0.6 is 0 Å². The fourth-order valence-electron chi connectivity index (χ4n) is 3.75. The zero-order valence-electron chi connectivity index (χ0n) is 15.8. The first-order chi connectivity index (χ1) is 14.0. The maximum atomic E-state index is 13.2. The van der Waals surface area contributed by atoms with Crippen LogP contribution in [0.1, 0.15) is 16.8 Å². The van der Waals surface area contributed by atoms with Gasteiger partial charge in [-0.2, -0.15) is 0 Å². The van der Waals surface area contributed by atoms with Gasteiger partial charge in [-0.05, 0) is 18.6 Å². The molecule has 1 aromatic heterocycles. The van der Waals surface area contributed by atoms with Crippen LogP contribution < -0.4 is 15.6 Å². The average Bonchev–Trinajstić information content (AvgIpc) is 3.34. The zero-order chi connectivity index (χ0) is 20.5. The lowest BCUT2D eigenvalue weighted by Gasteiger charge is -2.22. The van der Waals surface area contributed by atoms with Crippen molar-refractivity contribution in [2.75, 3.05) is 26.7 Å². The van der Waals surface area contributed by atoms with Crippen LogP contribution in [0.5, 0.6) is 5.75 Å². The third-order valence-corrected chi connectivity index (χ3v) is 5.19. The van der Waals surface area contributed by atoms with Crippen LogP contribution in [0.15, 0.2) is 47.4 Å². The van der Waals surface area contributed by atoms with Gasteiger partial charge in [0.1, 0.15) is 5.75 Å². The molecule has 1 N–H and O–H groups in total. The molecule has 0 bridgehead atoms. The molecule has 4 amide bonds. The van der Waals surface area contributed by atoms with E-state index in [9.17, 15) is 19.2 Å². The Morgan fingerprint density at radius 3 is 2.59 bits per heavy atom. The number of hydrogen-bond donors (Lipinski definition) is 1. The van der Waals surface area contributed by atoms with E-state index in [4.69, 9.17) is 4.74 Å². The molecule has 9 heteroatoms. The van der Waals surface area contributed by atoms with Crippen molar-refractivity contribution in [3.05, 3.63) is 58.5 Å². The number of rotatable bonds is 4. The van der Waals surface area contributed by atoms with Gasteiger partial charge in [-0.3, -0.25) is 23.9 Å². The summed E-state index contributed by atoms with van der Waals surface area (Å²) in [4.78, 5) is 52.2. The molecule has 4 rings (SSSR count). The van der Waals surface area contributed by atoms with Crippen LogP contribution in [0.2, 0.25) is 0 Å². The van der Waals surface area contributed by atoms with Gasteiger partial charge in [-0.25, -0.2) is 4.79 Å². The third kappa shape index (κ3) is 3.35. The van der Waals surface area contributed by atoms with Crippen molar-refractivity contribution in [3.63, 3.8) is 0 Å². The SMILES string of the molecule is COc1cc(=O)n(-c2ccccc2)cc1C(=O)N1CCC(N2C(=O)CNC2=O)C1. The minimum Gasteiger partial charge on any atom is -0.496 e. The van der Waals surface area contributed by atoms with E-state index in [-0.39, 0.29) is 47.8 Å². The number of imide groups is 1. The molecule has 9 nitrogen and oxygen atoms in total. The van der Waals surface area contributed by atoms with E-state index in [1.807, 2.05) is 6.07 Å². The van der Waals surface area contributed by atoms with Crippen molar-refractivity contribution < 1.29 is 19.1 Å². The minimum absolute atomic E-state index is 0.0147. The number of carbonyl (C=O) groups is 3. The van der Waals surface area contributed by atoms with E-state index >= 15 is 0 Å². The Morgan fingerprint density at radius 2 is 1.93 bits per heavy atom. The molecular weight excluding hydrogens is 376 g/mol. The molecule has 3 heterocycles. The number of aromatic nitrogens is 1. The molecule has 2 fully saturated rings. The smallest absolute Gasteiger partial charge is 0.324 e. The number of amides is 4. The van der Waals surface area contributed by atoms with Crippen LogP contribution in [0.4, 0.5) is 4.79 Å². The number of para-hydroxylation sites is 1. The Hall–Kier alpha value is -3.62. The number of benzene rings is 1. The molecule has 29 heavy (non-hydrogen) atoms. The number of carbonyl (C=O) groups excluding carboxylic acids is 3. The summed E-state index contributed by atoms with van der Waals surface area (Å²) in [7, 11) is 1.40.